The molecule has 0 aliphatic carbocycles. The molecule has 1 aliphatic rings. The minimum atomic E-state index is -0.877. The second-order valence-electron chi connectivity index (χ2n) is 4.86. The Balaban J connectivity index is 2.28. The molecule has 1 heterocycles. The van der Waals surface area contributed by atoms with Crippen molar-refractivity contribution in [1.29, 1.82) is 0 Å². The van der Waals surface area contributed by atoms with Crippen LogP contribution in [0.3, 0.4) is 0 Å². The van der Waals surface area contributed by atoms with Crippen molar-refractivity contribution in [3.05, 3.63) is 33.8 Å². The number of hydrogen-bond acceptors (Lipinski definition) is 3. The van der Waals surface area contributed by atoms with E-state index in [0.717, 1.165) is 24.8 Å². The standard InChI is InChI=1S/C14H18Cl2O3/c15-11-5-4-9(7-12(11)16)10-3-1-2-6-19-14(10)13(18)8-17/h4-5,7,10,13-14,17-18H,1-3,6,8H2/t10-,13-,14+/m1/s1. The molecular formula is C14H18Cl2O3. The van der Waals surface area contributed by atoms with E-state index in [-0.39, 0.29) is 12.5 Å². The van der Waals surface area contributed by atoms with Gasteiger partial charge in [-0.25, -0.2) is 0 Å². The first-order chi connectivity index (χ1) is 9.13. The molecule has 1 saturated heterocycles. The van der Waals surface area contributed by atoms with Crippen LogP contribution in [-0.2, 0) is 4.74 Å². The zero-order valence-electron chi connectivity index (χ0n) is 10.6. The third-order valence-electron chi connectivity index (χ3n) is 3.55. The quantitative estimate of drug-likeness (QED) is 0.902. The van der Waals surface area contributed by atoms with Crippen LogP contribution in [0.15, 0.2) is 18.2 Å². The Morgan fingerprint density at radius 1 is 1.26 bits per heavy atom. The van der Waals surface area contributed by atoms with E-state index in [2.05, 4.69) is 0 Å². The van der Waals surface area contributed by atoms with Gasteiger partial charge < -0.3 is 14.9 Å². The maximum Gasteiger partial charge on any atom is 0.104 e. The smallest absolute Gasteiger partial charge is 0.104 e. The zero-order chi connectivity index (χ0) is 13.8. The summed E-state index contributed by atoms with van der Waals surface area (Å²) >= 11 is 12.0. The van der Waals surface area contributed by atoms with Gasteiger partial charge in [0.15, 0.2) is 0 Å². The normalized spacial score (nSPS) is 25.9. The van der Waals surface area contributed by atoms with Gasteiger partial charge in [-0.1, -0.05) is 35.7 Å². The summed E-state index contributed by atoms with van der Waals surface area (Å²) < 4.78 is 5.71. The fraction of sp³-hybridized carbons (Fsp3) is 0.571. The zero-order valence-corrected chi connectivity index (χ0v) is 12.1. The molecular weight excluding hydrogens is 287 g/mol. The first kappa shape index (κ1) is 15.1. The van der Waals surface area contributed by atoms with Crippen LogP contribution < -0.4 is 0 Å². The van der Waals surface area contributed by atoms with Crippen molar-refractivity contribution in [3.63, 3.8) is 0 Å². The predicted octanol–water partition coefficient (Wildman–Crippen LogP) is 3.00. The van der Waals surface area contributed by atoms with Crippen molar-refractivity contribution < 1.29 is 14.9 Å². The highest BCUT2D eigenvalue weighted by atomic mass is 35.5. The highest BCUT2D eigenvalue weighted by Gasteiger charge is 2.31. The first-order valence-electron chi connectivity index (χ1n) is 6.49. The molecule has 3 nitrogen and oxygen atoms in total. The van der Waals surface area contributed by atoms with Crippen LogP contribution in [-0.4, -0.2) is 35.6 Å². The Hall–Kier alpha value is -0.320. The van der Waals surface area contributed by atoms with Crippen LogP contribution in [0.1, 0.15) is 30.7 Å². The molecule has 1 aromatic carbocycles. The number of aliphatic hydroxyl groups is 2. The lowest BCUT2D eigenvalue weighted by molar-refractivity contribution is -0.0641. The van der Waals surface area contributed by atoms with E-state index in [0.29, 0.717) is 16.7 Å². The largest absolute Gasteiger partial charge is 0.394 e. The second kappa shape index (κ2) is 6.91. The summed E-state index contributed by atoms with van der Waals surface area (Å²) in [6.07, 6.45) is 1.62. The van der Waals surface area contributed by atoms with Crippen molar-refractivity contribution in [3.8, 4) is 0 Å². The molecule has 0 unspecified atom stereocenters. The van der Waals surface area contributed by atoms with Crippen molar-refractivity contribution in [2.45, 2.75) is 37.4 Å². The van der Waals surface area contributed by atoms with Gasteiger partial charge in [0.2, 0.25) is 0 Å². The molecule has 5 heteroatoms. The molecule has 0 aromatic heterocycles. The lowest BCUT2D eigenvalue weighted by Gasteiger charge is -2.28. The SMILES string of the molecule is OC[C@@H](O)[C@H]1OCCCC[C@@H]1c1ccc(Cl)c(Cl)c1. The van der Waals surface area contributed by atoms with Gasteiger partial charge in [0.1, 0.15) is 6.10 Å². The highest BCUT2D eigenvalue weighted by molar-refractivity contribution is 6.42. The van der Waals surface area contributed by atoms with E-state index >= 15 is 0 Å². The van der Waals surface area contributed by atoms with Crippen LogP contribution in [0.5, 0.6) is 0 Å². The fourth-order valence-corrected chi connectivity index (χ4v) is 2.86. The minimum absolute atomic E-state index is 0.0272. The Kier molecular flexibility index (Phi) is 5.48. The third-order valence-corrected chi connectivity index (χ3v) is 4.29. The summed E-state index contributed by atoms with van der Waals surface area (Å²) in [5.41, 5.74) is 0.994. The number of aliphatic hydroxyl groups excluding tert-OH is 2. The Morgan fingerprint density at radius 3 is 2.74 bits per heavy atom. The number of benzene rings is 1. The van der Waals surface area contributed by atoms with E-state index in [1.165, 1.54) is 0 Å². The summed E-state index contributed by atoms with van der Waals surface area (Å²) in [6, 6.07) is 5.48. The van der Waals surface area contributed by atoms with Gasteiger partial charge in [-0.15, -0.1) is 0 Å². The molecule has 0 bridgehead atoms. The predicted molar refractivity (Wildman–Crippen MR) is 75.9 cm³/mol. The average molecular weight is 305 g/mol. The minimum Gasteiger partial charge on any atom is -0.394 e. The van der Waals surface area contributed by atoms with Gasteiger partial charge in [-0.2, -0.15) is 0 Å². The van der Waals surface area contributed by atoms with E-state index < -0.39 is 12.2 Å². The average Bonchev–Trinajstić information content (AvgIpc) is 2.66. The molecule has 1 aromatic rings. The molecule has 3 atom stereocenters. The topological polar surface area (TPSA) is 49.7 Å². The fourth-order valence-electron chi connectivity index (χ4n) is 2.55. The Morgan fingerprint density at radius 2 is 2.05 bits per heavy atom. The van der Waals surface area contributed by atoms with Gasteiger partial charge in [0.05, 0.1) is 22.8 Å². The number of halogens is 2. The Bertz CT molecular complexity index is 425. The summed E-state index contributed by atoms with van der Waals surface area (Å²) in [5.74, 6) is 0.0272. The Labute approximate surface area is 123 Å². The van der Waals surface area contributed by atoms with E-state index in [9.17, 15) is 5.11 Å². The van der Waals surface area contributed by atoms with Crippen LogP contribution in [0.2, 0.25) is 10.0 Å². The van der Waals surface area contributed by atoms with Gasteiger partial charge in [0, 0.05) is 12.5 Å². The van der Waals surface area contributed by atoms with E-state index in [1.807, 2.05) is 12.1 Å². The van der Waals surface area contributed by atoms with Gasteiger partial charge >= 0.3 is 0 Å². The van der Waals surface area contributed by atoms with Gasteiger partial charge in [0.25, 0.3) is 0 Å². The summed E-state index contributed by atoms with van der Waals surface area (Å²) in [4.78, 5) is 0. The lowest BCUT2D eigenvalue weighted by atomic mass is 9.87. The molecule has 1 aliphatic heterocycles. The molecule has 0 amide bonds. The van der Waals surface area contributed by atoms with Crippen molar-refractivity contribution >= 4 is 23.2 Å². The molecule has 2 N–H and O–H groups in total. The van der Waals surface area contributed by atoms with E-state index in [4.69, 9.17) is 33.0 Å². The molecule has 1 fully saturated rings. The molecule has 0 saturated carbocycles. The monoisotopic (exact) mass is 304 g/mol. The van der Waals surface area contributed by atoms with Gasteiger partial charge in [-0.3, -0.25) is 0 Å². The number of ether oxygens (including phenoxy) is 1. The van der Waals surface area contributed by atoms with E-state index in [1.54, 1.807) is 6.07 Å². The highest BCUT2D eigenvalue weighted by Crippen LogP contribution is 2.35. The first-order valence-corrected chi connectivity index (χ1v) is 7.24. The van der Waals surface area contributed by atoms with Crippen molar-refractivity contribution in [1.82, 2.24) is 0 Å². The third kappa shape index (κ3) is 3.61. The van der Waals surface area contributed by atoms with Gasteiger partial charge in [-0.05, 0) is 30.5 Å². The number of rotatable bonds is 3. The molecule has 0 spiro atoms. The van der Waals surface area contributed by atoms with Crippen molar-refractivity contribution in [2.75, 3.05) is 13.2 Å². The molecule has 19 heavy (non-hydrogen) atoms. The van der Waals surface area contributed by atoms with Crippen LogP contribution >= 0.6 is 23.2 Å². The van der Waals surface area contributed by atoms with Crippen LogP contribution in [0.25, 0.3) is 0 Å². The second-order valence-corrected chi connectivity index (χ2v) is 5.68. The maximum atomic E-state index is 9.93. The van der Waals surface area contributed by atoms with Crippen LogP contribution in [0.4, 0.5) is 0 Å². The molecule has 106 valence electrons. The number of hydrogen-bond donors (Lipinski definition) is 2. The van der Waals surface area contributed by atoms with Crippen LogP contribution in [0, 0.1) is 0 Å². The molecule has 2 rings (SSSR count). The summed E-state index contributed by atoms with van der Waals surface area (Å²) in [6.45, 7) is 0.308. The van der Waals surface area contributed by atoms with Crippen molar-refractivity contribution in [2.24, 2.45) is 0 Å². The maximum absolute atomic E-state index is 9.93. The summed E-state index contributed by atoms with van der Waals surface area (Å²) in [7, 11) is 0. The lowest BCUT2D eigenvalue weighted by Crippen LogP contribution is -2.36. The summed E-state index contributed by atoms with van der Waals surface area (Å²) in [5, 5.41) is 20.1. The molecule has 0 radical (unpaired) electrons.